The van der Waals surface area contributed by atoms with Crippen molar-refractivity contribution in [3.8, 4) is 0 Å². The maximum Gasteiger partial charge on any atom is 0.356 e. The van der Waals surface area contributed by atoms with Crippen LogP contribution in [0.4, 0.5) is 0 Å². The number of amides is 1. The summed E-state index contributed by atoms with van der Waals surface area (Å²) < 4.78 is 4.89. The SMILES string of the molecule is CCOC(=O)c1[nH]ncc1CNCCC(=O)NC. The Morgan fingerprint density at radius 3 is 2.94 bits per heavy atom. The van der Waals surface area contributed by atoms with Crippen molar-refractivity contribution in [1.82, 2.24) is 20.8 Å². The third kappa shape index (κ3) is 4.17. The first kappa shape index (κ1) is 14.2. The van der Waals surface area contributed by atoms with E-state index in [0.717, 1.165) is 5.56 Å². The molecule has 0 aliphatic heterocycles. The number of aromatic amines is 1. The Kier molecular flexibility index (Phi) is 5.86. The monoisotopic (exact) mass is 254 g/mol. The van der Waals surface area contributed by atoms with E-state index >= 15 is 0 Å². The molecule has 0 fully saturated rings. The highest BCUT2D eigenvalue weighted by Gasteiger charge is 2.14. The lowest BCUT2D eigenvalue weighted by Crippen LogP contribution is -2.24. The second-order valence-electron chi connectivity index (χ2n) is 3.59. The van der Waals surface area contributed by atoms with Gasteiger partial charge in [0, 0.05) is 32.1 Å². The van der Waals surface area contributed by atoms with Gasteiger partial charge in [0.2, 0.25) is 5.91 Å². The van der Waals surface area contributed by atoms with Crippen molar-refractivity contribution in [3.63, 3.8) is 0 Å². The number of carbonyl (C=O) groups excluding carboxylic acids is 2. The molecule has 1 amide bonds. The predicted molar refractivity (Wildman–Crippen MR) is 64.9 cm³/mol. The van der Waals surface area contributed by atoms with E-state index in [-0.39, 0.29) is 5.91 Å². The van der Waals surface area contributed by atoms with Crippen LogP contribution in [0, 0.1) is 0 Å². The first-order chi connectivity index (χ1) is 8.69. The van der Waals surface area contributed by atoms with Gasteiger partial charge in [-0.1, -0.05) is 0 Å². The van der Waals surface area contributed by atoms with E-state index in [2.05, 4.69) is 20.8 Å². The zero-order valence-corrected chi connectivity index (χ0v) is 10.6. The number of carbonyl (C=O) groups is 2. The van der Waals surface area contributed by atoms with E-state index < -0.39 is 5.97 Å². The molecular formula is C11H18N4O3. The smallest absolute Gasteiger partial charge is 0.356 e. The zero-order chi connectivity index (χ0) is 13.4. The summed E-state index contributed by atoms with van der Waals surface area (Å²) in [7, 11) is 1.59. The largest absolute Gasteiger partial charge is 0.461 e. The summed E-state index contributed by atoms with van der Waals surface area (Å²) in [6, 6.07) is 0. The summed E-state index contributed by atoms with van der Waals surface area (Å²) in [5, 5.41) is 12.0. The molecule has 1 heterocycles. The number of hydrogen-bond acceptors (Lipinski definition) is 5. The van der Waals surface area contributed by atoms with E-state index in [0.29, 0.717) is 31.8 Å². The third-order valence-corrected chi connectivity index (χ3v) is 2.32. The summed E-state index contributed by atoms with van der Waals surface area (Å²) >= 11 is 0. The molecule has 0 saturated heterocycles. The Morgan fingerprint density at radius 1 is 1.50 bits per heavy atom. The number of ether oxygens (including phenoxy) is 1. The molecule has 0 radical (unpaired) electrons. The highest BCUT2D eigenvalue weighted by Crippen LogP contribution is 2.06. The number of hydrogen-bond donors (Lipinski definition) is 3. The van der Waals surface area contributed by atoms with Gasteiger partial charge in [-0.25, -0.2) is 4.79 Å². The number of esters is 1. The summed E-state index contributed by atoms with van der Waals surface area (Å²) in [6.45, 7) is 3.06. The van der Waals surface area contributed by atoms with Crippen LogP contribution >= 0.6 is 0 Å². The Morgan fingerprint density at radius 2 is 2.28 bits per heavy atom. The first-order valence-corrected chi connectivity index (χ1v) is 5.79. The van der Waals surface area contributed by atoms with E-state index in [1.807, 2.05) is 0 Å². The van der Waals surface area contributed by atoms with Gasteiger partial charge >= 0.3 is 5.97 Å². The zero-order valence-electron chi connectivity index (χ0n) is 10.6. The van der Waals surface area contributed by atoms with Crippen molar-refractivity contribution in [2.24, 2.45) is 0 Å². The van der Waals surface area contributed by atoms with Crippen LogP contribution in [-0.4, -0.2) is 42.3 Å². The molecule has 0 aliphatic rings. The van der Waals surface area contributed by atoms with Gasteiger partial charge in [0.25, 0.3) is 0 Å². The Bertz CT molecular complexity index is 403. The van der Waals surface area contributed by atoms with E-state index in [1.165, 1.54) is 0 Å². The minimum atomic E-state index is -0.418. The molecule has 18 heavy (non-hydrogen) atoms. The van der Waals surface area contributed by atoms with Crippen LogP contribution in [0.25, 0.3) is 0 Å². The molecule has 0 atom stereocenters. The molecule has 1 rings (SSSR count). The molecule has 7 heteroatoms. The number of nitrogens with one attached hydrogen (secondary N) is 3. The molecule has 1 aromatic rings. The van der Waals surface area contributed by atoms with Crippen LogP contribution in [0.15, 0.2) is 6.20 Å². The van der Waals surface area contributed by atoms with Gasteiger partial charge in [-0.2, -0.15) is 5.10 Å². The molecule has 100 valence electrons. The van der Waals surface area contributed by atoms with E-state index in [4.69, 9.17) is 4.74 Å². The van der Waals surface area contributed by atoms with Crippen LogP contribution in [0.5, 0.6) is 0 Å². The Labute approximate surface area is 105 Å². The molecule has 0 aliphatic carbocycles. The summed E-state index contributed by atoms with van der Waals surface area (Å²) in [5.41, 5.74) is 1.08. The highest BCUT2D eigenvalue weighted by atomic mass is 16.5. The van der Waals surface area contributed by atoms with Crippen LogP contribution < -0.4 is 10.6 Å². The van der Waals surface area contributed by atoms with Gasteiger partial charge in [-0.05, 0) is 6.92 Å². The summed E-state index contributed by atoms with van der Waals surface area (Å²) in [4.78, 5) is 22.5. The number of rotatable bonds is 7. The van der Waals surface area contributed by atoms with E-state index in [9.17, 15) is 9.59 Å². The van der Waals surface area contributed by atoms with Gasteiger partial charge in [0.05, 0.1) is 12.8 Å². The minimum Gasteiger partial charge on any atom is -0.461 e. The second-order valence-corrected chi connectivity index (χ2v) is 3.59. The standard InChI is InChI=1S/C11H18N4O3/c1-3-18-11(17)10-8(7-14-15-10)6-13-5-4-9(16)12-2/h7,13H,3-6H2,1-2H3,(H,12,16)(H,14,15). The first-order valence-electron chi connectivity index (χ1n) is 5.79. The van der Waals surface area contributed by atoms with Crippen LogP contribution in [0.1, 0.15) is 29.4 Å². The number of H-pyrrole nitrogens is 1. The highest BCUT2D eigenvalue weighted by molar-refractivity contribution is 5.88. The Hall–Kier alpha value is -1.89. The van der Waals surface area contributed by atoms with Crippen molar-refractivity contribution in [2.75, 3.05) is 20.2 Å². The van der Waals surface area contributed by atoms with Gasteiger partial charge in [0.15, 0.2) is 0 Å². The predicted octanol–water partition coefficient (Wildman–Crippen LogP) is -0.188. The molecule has 0 spiro atoms. The average Bonchev–Trinajstić information content (AvgIpc) is 2.83. The molecule has 1 aromatic heterocycles. The van der Waals surface area contributed by atoms with Crippen molar-refractivity contribution in [2.45, 2.75) is 19.9 Å². The van der Waals surface area contributed by atoms with Crippen molar-refractivity contribution in [1.29, 1.82) is 0 Å². The van der Waals surface area contributed by atoms with Crippen LogP contribution in [0.3, 0.4) is 0 Å². The van der Waals surface area contributed by atoms with Crippen molar-refractivity contribution < 1.29 is 14.3 Å². The molecule has 0 unspecified atom stereocenters. The molecule has 0 saturated carbocycles. The maximum absolute atomic E-state index is 11.5. The van der Waals surface area contributed by atoms with E-state index in [1.54, 1.807) is 20.2 Å². The Balaban J connectivity index is 2.41. The molecule has 3 N–H and O–H groups in total. The molecule has 7 nitrogen and oxygen atoms in total. The van der Waals surface area contributed by atoms with Crippen LogP contribution in [-0.2, 0) is 16.1 Å². The van der Waals surface area contributed by atoms with Crippen LogP contribution in [0.2, 0.25) is 0 Å². The van der Waals surface area contributed by atoms with Gasteiger partial charge in [0.1, 0.15) is 5.69 Å². The second kappa shape index (κ2) is 7.44. The lowest BCUT2D eigenvalue weighted by Gasteiger charge is -2.05. The number of nitrogens with zero attached hydrogens (tertiary/aromatic N) is 1. The fourth-order valence-corrected chi connectivity index (χ4v) is 1.38. The molecule has 0 bridgehead atoms. The van der Waals surface area contributed by atoms with Gasteiger partial charge < -0.3 is 15.4 Å². The fraction of sp³-hybridized carbons (Fsp3) is 0.545. The van der Waals surface area contributed by atoms with Crippen molar-refractivity contribution >= 4 is 11.9 Å². The normalized spacial score (nSPS) is 10.1. The van der Waals surface area contributed by atoms with Crippen molar-refractivity contribution in [3.05, 3.63) is 17.5 Å². The quantitative estimate of drug-likeness (QED) is 0.463. The van der Waals surface area contributed by atoms with Gasteiger partial charge in [-0.15, -0.1) is 0 Å². The maximum atomic E-state index is 11.5. The summed E-state index contributed by atoms with van der Waals surface area (Å²) in [6.07, 6.45) is 1.96. The molecule has 0 aromatic carbocycles. The fourth-order valence-electron chi connectivity index (χ4n) is 1.38. The molecular weight excluding hydrogens is 236 g/mol. The average molecular weight is 254 g/mol. The topological polar surface area (TPSA) is 96.1 Å². The summed E-state index contributed by atoms with van der Waals surface area (Å²) in [5.74, 6) is -0.446. The number of aromatic nitrogens is 2. The lowest BCUT2D eigenvalue weighted by atomic mass is 10.2. The minimum absolute atomic E-state index is 0.0275. The van der Waals surface area contributed by atoms with Gasteiger partial charge in [-0.3, -0.25) is 9.89 Å². The lowest BCUT2D eigenvalue weighted by molar-refractivity contribution is -0.120. The third-order valence-electron chi connectivity index (χ3n) is 2.32.